The van der Waals surface area contributed by atoms with E-state index in [0.29, 0.717) is 17.0 Å². The van der Waals surface area contributed by atoms with Crippen LogP contribution in [0.15, 0.2) is 47.7 Å². The van der Waals surface area contributed by atoms with Crippen LogP contribution in [0.3, 0.4) is 0 Å². The lowest BCUT2D eigenvalue weighted by molar-refractivity contribution is -0.143. The second-order valence-electron chi connectivity index (χ2n) is 7.39. The molecule has 2 aromatic carbocycles. The van der Waals surface area contributed by atoms with E-state index < -0.39 is 23.9 Å². The van der Waals surface area contributed by atoms with Gasteiger partial charge >= 0.3 is 12.0 Å². The largest absolute Gasteiger partial charge is 0.493 e. The first-order valence-electron chi connectivity index (χ1n) is 9.94. The fourth-order valence-electron chi connectivity index (χ4n) is 3.37. The summed E-state index contributed by atoms with van der Waals surface area (Å²) >= 11 is 6.12. The van der Waals surface area contributed by atoms with E-state index in [1.807, 2.05) is 0 Å². The van der Waals surface area contributed by atoms with Gasteiger partial charge in [-0.15, -0.1) is 0 Å². The number of urea groups is 1. The van der Waals surface area contributed by atoms with Gasteiger partial charge in [-0.2, -0.15) is 0 Å². The van der Waals surface area contributed by atoms with Gasteiger partial charge in [-0.1, -0.05) is 29.8 Å². The van der Waals surface area contributed by atoms with Crippen molar-refractivity contribution >= 4 is 23.6 Å². The van der Waals surface area contributed by atoms with Crippen molar-refractivity contribution in [2.75, 3.05) is 7.11 Å². The van der Waals surface area contributed by atoms with Crippen molar-refractivity contribution in [2.24, 2.45) is 0 Å². The van der Waals surface area contributed by atoms with E-state index in [-0.39, 0.29) is 34.6 Å². The number of hydrogen-bond donors (Lipinski definition) is 2. The molecule has 9 heteroatoms. The molecular formula is C23H24ClFN2O5. The third-order valence-electron chi connectivity index (χ3n) is 4.79. The normalized spacial score (nSPS) is 15.8. The Morgan fingerprint density at radius 2 is 1.94 bits per heavy atom. The van der Waals surface area contributed by atoms with Gasteiger partial charge in [0.1, 0.15) is 12.4 Å². The maximum Gasteiger partial charge on any atom is 0.338 e. The van der Waals surface area contributed by atoms with Crippen molar-refractivity contribution in [2.45, 2.75) is 39.5 Å². The Labute approximate surface area is 190 Å². The van der Waals surface area contributed by atoms with Crippen LogP contribution >= 0.6 is 11.6 Å². The second-order valence-corrected chi connectivity index (χ2v) is 7.80. The molecule has 1 aliphatic rings. The van der Waals surface area contributed by atoms with E-state index in [9.17, 15) is 14.0 Å². The molecule has 0 aromatic heterocycles. The molecule has 3 rings (SSSR count). The Bertz CT molecular complexity index is 1050. The van der Waals surface area contributed by atoms with Crippen LogP contribution in [0.5, 0.6) is 11.5 Å². The Morgan fingerprint density at radius 1 is 1.22 bits per heavy atom. The summed E-state index contributed by atoms with van der Waals surface area (Å²) in [6, 6.07) is 8.03. The predicted molar refractivity (Wildman–Crippen MR) is 117 cm³/mol. The minimum Gasteiger partial charge on any atom is -0.493 e. The number of halogens is 2. The zero-order valence-corrected chi connectivity index (χ0v) is 18.9. The number of para-hydroxylation sites is 1. The predicted octanol–water partition coefficient (Wildman–Crippen LogP) is 4.65. The molecule has 0 saturated heterocycles. The van der Waals surface area contributed by atoms with Crippen molar-refractivity contribution in [3.05, 3.63) is 69.6 Å². The van der Waals surface area contributed by atoms with Gasteiger partial charge < -0.3 is 24.8 Å². The average Bonchev–Trinajstić information content (AvgIpc) is 2.72. The quantitative estimate of drug-likeness (QED) is 0.585. The van der Waals surface area contributed by atoms with Gasteiger partial charge in [0.25, 0.3) is 0 Å². The van der Waals surface area contributed by atoms with Crippen LogP contribution < -0.4 is 20.1 Å². The van der Waals surface area contributed by atoms with Gasteiger partial charge in [0, 0.05) is 16.8 Å². The SMILES string of the molecule is COc1cccc(C2NC(=O)NC(C)=C2C(=O)OC(C)C)c1OCc1c(F)cccc1Cl. The highest BCUT2D eigenvalue weighted by Crippen LogP contribution is 2.40. The van der Waals surface area contributed by atoms with Crippen molar-refractivity contribution in [1.29, 1.82) is 0 Å². The minimum absolute atomic E-state index is 0.173. The molecule has 2 amide bonds. The summed E-state index contributed by atoms with van der Waals surface area (Å²) in [5, 5.41) is 5.55. The molecule has 0 spiro atoms. The van der Waals surface area contributed by atoms with Crippen molar-refractivity contribution in [3.8, 4) is 11.5 Å². The minimum atomic E-state index is -0.879. The first-order chi connectivity index (χ1) is 15.2. The van der Waals surface area contributed by atoms with Crippen LogP contribution in [-0.2, 0) is 16.1 Å². The van der Waals surface area contributed by atoms with Crippen LogP contribution in [-0.4, -0.2) is 25.2 Å². The van der Waals surface area contributed by atoms with E-state index in [0.717, 1.165) is 0 Å². The third-order valence-corrected chi connectivity index (χ3v) is 5.15. The monoisotopic (exact) mass is 462 g/mol. The first kappa shape index (κ1) is 23.4. The Hall–Kier alpha value is -3.26. The molecule has 7 nitrogen and oxygen atoms in total. The summed E-state index contributed by atoms with van der Waals surface area (Å²) in [6.07, 6.45) is -0.356. The topological polar surface area (TPSA) is 85.9 Å². The molecule has 0 fully saturated rings. The third kappa shape index (κ3) is 4.96. The lowest BCUT2D eigenvalue weighted by atomic mass is 9.94. The van der Waals surface area contributed by atoms with E-state index in [1.165, 1.54) is 19.2 Å². The Morgan fingerprint density at radius 3 is 2.59 bits per heavy atom. The molecule has 0 radical (unpaired) electrons. The summed E-state index contributed by atoms with van der Waals surface area (Å²) in [7, 11) is 1.46. The van der Waals surface area contributed by atoms with Crippen LogP contribution in [0.4, 0.5) is 9.18 Å². The van der Waals surface area contributed by atoms with Crippen molar-refractivity contribution in [1.82, 2.24) is 10.6 Å². The molecule has 0 aliphatic carbocycles. The van der Waals surface area contributed by atoms with Gasteiger partial charge in [-0.25, -0.2) is 14.0 Å². The summed E-state index contributed by atoms with van der Waals surface area (Å²) < 4.78 is 31.0. The highest BCUT2D eigenvalue weighted by atomic mass is 35.5. The zero-order chi connectivity index (χ0) is 23.4. The van der Waals surface area contributed by atoms with Crippen LogP contribution in [0.2, 0.25) is 5.02 Å². The molecule has 1 heterocycles. The number of methoxy groups -OCH3 is 1. The summed E-state index contributed by atoms with van der Waals surface area (Å²) in [6.45, 7) is 4.89. The molecule has 1 atom stereocenters. The Balaban J connectivity index is 2.05. The standard InChI is InChI=1S/C23H24ClFN2O5/c1-12(2)32-22(28)19-13(3)26-23(29)27-20(19)14-7-5-10-18(30-4)21(14)31-11-15-16(24)8-6-9-17(15)25/h5-10,12,20H,11H2,1-4H3,(H2,26,27,29). The second kappa shape index (κ2) is 9.91. The number of ether oxygens (including phenoxy) is 3. The van der Waals surface area contributed by atoms with Crippen LogP contribution in [0.25, 0.3) is 0 Å². The average molecular weight is 463 g/mol. The fraction of sp³-hybridized carbons (Fsp3) is 0.304. The van der Waals surface area contributed by atoms with E-state index >= 15 is 0 Å². The van der Waals surface area contributed by atoms with Crippen molar-refractivity contribution < 1.29 is 28.2 Å². The number of allylic oxidation sites excluding steroid dienone is 1. The number of rotatable bonds is 7. The number of amides is 2. The van der Waals surface area contributed by atoms with Crippen LogP contribution in [0, 0.1) is 5.82 Å². The summed E-state index contributed by atoms with van der Waals surface area (Å²) in [4.78, 5) is 25.1. The van der Waals surface area contributed by atoms with Gasteiger partial charge in [0.15, 0.2) is 11.5 Å². The van der Waals surface area contributed by atoms with Gasteiger partial charge in [0.2, 0.25) is 0 Å². The van der Waals surface area contributed by atoms with E-state index in [4.69, 9.17) is 25.8 Å². The molecule has 1 unspecified atom stereocenters. The maximum atomic E-state index is 14.3. The van der Waals surface area contributed by atoms with E-state index in [1.54, 1.807) is 45.0 Å². The van der Waals surface area contributed by atoms with E-state index in [2.05, 4.69) is 10.6 Å². The molecule has 170 valence electrons. The van der Waals surface area contributed by atoms with Gasteiger partial charge in [-0.05, 0) is 39.0 Å². The number of carbonyl (C=O) groups excluding carboxylic acids is 2. The molecule has 2 aromatic rings. The molecule has 32 heavy (non-hydrogen) atoms. The van der Waals surface area contributed by atoms with Crippen LogP contribution in [0.1, 0.15) is 37.9 Å². The summed E-state index contributed by atoms with van der Waals surface area (Å²) in [5.74, 6) is -0.511. The highest BCUT2D eigenvalue weighted by molar-refractivity contribution is 6.31. The molecule has 0 saturated carbocycles. The number of carbonyl (C=O) groups is 2. The van der Waals surface area contributed by atoms with Crippen molar-refractivity contribution in [3.63, 3.8) is 0 Å². The fourth-order valence-corrected chi connectivity index (χ4v) is 3.58. The molecule has 1 aliphatic heterocycles. The number of esters is 1. The lowest BCUT2D eigenvalue weighted by Crippen LogP contribution is -2.45. The highest BCUT2D eigenvalue weighted by Gasteiger charge is 2.35. The molecule has 2 N–H and O–H groups in total. The molecular weight excluding hydrogens is 439 g/mol. The molecule has 0 bridgehead atoms. The van der Waals surface area contributed by atoms with Gasteiger partial charge in [0.05, 0.1) is 29.9 Å². The Kier molecular flexibility index (Phi) is 7.25. The number of hydrogen-bond acceptors (Lipinski definition) is 5. The lowest BCUT2D eigenvalue weighted by Gasteiger charge is -2.30. The number of benzene rings is 2. The van der Waals surface area contributed by atoms with Gasteiger partial charge in [-0.3, -0.25) is 0 Å². The number of nitrogens with one attached hydrogen (secondary N) is 2. The summed E-state index contributed by atoms with van der Waals surface area (Å²) in [5.41, 5.74) is 1.20. The zero-order valence-electron chi connectivity index (χ0n) is 18.1. The maximum absolute atomic E-state index is 14.3. The first-order valence-corrected chi connectivity index (χ1v) is 10.3. The smallest absolute Gasteiger partial charge is 0.338 e.